The van der Waals surface area contributed by atoms with Gasteiger partial charge in [0.15, 0.2) is 0 Å². The lowest BCUT2D eigenvalue weighted by molar-refractivity contribution is -0.192. The number of nitrogens with two attached hydrogens (primary N) is 1. The van der Waals surface area contributed by atoms with E-state index in [0.29, 0.717) is 11.9 Å². The fourth-order valence-corrected chi connectivity index (χ4v) is 3.69. The summed E-state index contributed by atoms with van der Waals surface area (Å²) in [5.74, 6) is -6.64. The molecule has 1 fully saturated rings. The van der Waals surface area contributed by atoms with Crippen LogP contribution in [-0.2, 0) is 11.0 Å². The quantitative estimate of drug-likeness (QED) is 0.339. The average Bonchev–Trinajstić information content (AvgIpc) is 3.25. The lowest BCUT2D eigenvalue weighted by Crippen LogP contribution is -2.55. The predicted octanol–water partition coefficient (Wildman–Crippen LogP) is 4.56. The van der Waals surface area contributed by atoms with Crippen molar-refractivity contribution < 1.29 is 49.8 Å². The smallest absolute Gasteiger partial charge is 0.475 e. The molecule has 1 aromatic carbocycles. The van der Waals surface area contributed by atoms with Crippen molar-refractivity contribution in [2.75, 3.05) is 10.6 Å². The topological polar surface area (TPSA) is 135 Å². The maximum absolute atomic E-state index is 13.9. The van der Waals surface area contributed by atoms with Crippen LogP contribution in [0.25, 0.3) is 5.52 Å². The Bertz CT molecular complexity index is 1340. The van der Waals surface area contributed by atoms with Crippen molar-refractivity contribution in [3.8, 4) is 0 Å². The van der Waals surface area contributed by atoms with Crippen molar-refractivity contribution in [3.63, 3.8) is 0 Å². The van der Waals surface area contributed by atoms with Gasteiger partial charge in [-0.05, 0) is 37.1 Å². The molecule has 1 saturated carbocycles. The third-order valence-corrected chi connectivity index (χ3v) is 5.62. The van der Waals surface area contributed by atoms with Gasteiger partial charge in [-0.1, -0.05) is 12.1 Å². The van der Waals surface area contributed by atoms with Gasteiger partial charge >= 0.3 is 18.3 Å². The second kappa shape index (κ2) is 11.0. The summed E-state index contributed by atoms with van der Waals surface area (Å²) in [6.07, 6.45) is -8.00. The Morgan fingerprint density at radius 2 is 1.72 bits per heavy atom. The molecule has 4 rings (SSSR count). The first-order valence-electron chi connectivity index (χ1n) is 11.0. The molecule has 0 unspecified atom stereocenters. The van der Waals surface area contributed by atoms with E-state index < -0.39 is 53.5 Å². The minimum Gasteiger partial charge on any atom is -0.475 e. The number of carboxylic acids is 1. The van der Waals surface area contributed by atoms with Crippen molar-refractivity contribution in [2.45, 2.75) is 49.6 Å². The van der Waals surface area contributed by atoms with Crippen molar-refractivity contribution in [2.24, 2.45) is 5.73 Å². The minimum absolute atomic E-state index is 0.0309. The van der Waals surface area contributed by atoms with Gasteiger partial charge in [-0.25, -0.2) is 23.1 Å². The van der Waals surface area contributed by atoms with E-state index in [9.17, 15) is 39.9 Å². The molecule has 5 N–H and O–H groups in total. The molecule has 17 heteroatoms. The molecule has 2 heterocycles. The Morgan fingerprint density at radius 3 is 2.33 bits per heavy atom. The molecule has 1 amide bonds. The molecular formula is C22H20F8N6O3. The Balaban J connectivity index is 0.000000532. The summed E-state index contributed by atoms with van der Waals surface area (Å²) in [6.45, 7) is 0. The van der Waals surface area contributed by atoms with Gasteiger partial charge < -0.3 is 21.5 Å². The number of anilines is 2. The minimum atomic E-state index is -5.08. The highest BCUT2D eigenvalue weighted by molar-refractivity contribution is 6.04. The number of benzene rings is 1. The first-order valence-corrected chi connectivity index (χ1v) is 11.0. The highest BCUT2D eigenvalue weighted by Gasteiger charge is 2.45. The van der Waals surface area contributed by atoms with E-state index in [2.05, 4.69) is 20.7 Å². The number of halogens is 8. The first kappa shape index (κ1) is 29.5. The van der Waals surface area contributed by atoms with Crippen LogP contribution in [0.3, 0.4) is 0 Å². The van der Waals surface area contributed by atoms with E-state index in [-0.39, 0.29) is 24.5 Å². The van der Waals surface area contributed by atoms with Crippen LogP contribution >= 0.6 is 0 Å². The number of carbonyl (C=O) groups is 2. The fraction of sp³-hybridized carbons (Fsp3) is 0.364. The van der Waals surface area contributed by atoms with E-state index in [1.54, 1.807) is 0 Å². The summed E-state index contributed by atoms with van der Waals surface area (Å²) < 4.78 is 100. The molecule has 3 aromatic rings. The van der Waals surface area contributed by atoms with Gasteiger partial charge in [-0.3, -0.25) is 4.79 Å². The van der Waals surface area contributed by atoms with Crippen molar-refractivity contribution in [1.29, 1.82) is 0 Å². The van der Waals surface area contributed by atoms with Crippen LogP contribution in [0.1, 0.15) is 35.3 Å². The molecule has 0 bridgehead atoms. The third-order valence-electron chi connectivity index (χ3n) is 5.62. The summed E-state index contributed by atoms with van der Waals surface area (Å²) in [7, 11) is 0. The van der Waals surface area contributed by atoms with Gasteiger partial charge in [0.1, 0.15) is 5.69 Å². The van der Waals surface area contributed by atoms with Crippen LogP contribution in [0.2, 0.25) is 0 Å². The molecule has 2 aromatic heterocycles. The number of nitrogens with one attached hydrogen (secondary N) is 2. The monoisotopic (exact) mass is 568 g/mol. The van der Waals surface area contributed by atoms with Crippen molar-refractivity contribution in [1.82, 2.24) is 14.6 Å². The maximum Gasteiger partial charge on any atom is 0.490 e. The van der Waals surface area contributed by atoms with Gasteiger partial charge in [0.25, 0.3) is 11.8 Å². The van der Waals surface area contributed by atoms with Crippen LogP contribution < -0.4 is 16.4 Å². The molecule has 1 aliphatic rings. The number of nitrogens with zero attached hydrogens (tertiary/aromatic N) is 3. The van der Waals surface area contributed by atoms with Gasteiger partial charge in [0.05, 0.1) is 35.0 Å². The molecule has 0 spiro atoms. The average molecular weight is 568 g/mol. The molecule has 0 saturated heterocycles. The SMILES string of the molecule is N[C@@H]1[C@H](Nc2ncc3ccc(C(=O)Nc4ccccc4C(F)(F)F)n3n2)CCCC1(F)F.O=C(O)C(F)(F)F. The summed E-state index contributed by atoms with van der Waals surface area (Å²) in [5.41, 5.74) is 4.63. The van der Waals surface area contributed by atoms with Crippen LogP contribution in [0.15, 0.2) is 42.6 Å². The highest BCUT2D eigenvalue weighted by atomic mass is 19.4. The molecular weight excluding hydrogens is 548 g/mol. The number of para-hydroxylation sites is 1. The second-order valence-electron chi connectivity index (χ2n) is 8.37. The lowest BCUT2D eigenvalue weighted by atomic mass is 9.87. The summed E-state index contributed by atoms with van der Waals surface area (Å²) >= 11 is 0. The van der Waals surface area contributed by atoms with E-state index in [1.165, 1.54) is 35.0 Å². The van der Waals surface area contributed by atoms with Gasteiger partial charge in [-0.2, -0.15) is 26.3 Å². The molecule has 9 nitrogen and oxygen atoms in total. The van der Waals surface area contributed by atoms with Crippen LogP contribution in [0, 0.1) is 0 Å². The van der Waals surface area contributed by atoms with Gasteiger partial charge in [0, 0.05) is 6.42 Å². The predicted molar refractivity (Wildman–Crippen MR) is 120 cm³/mol. The van der Waals surface area contributed by atoms with Gasteiger partial charge in [0.2, 0.25) is 5.95 Å². The molecule has 1 aliphatic carbocycles. The number of carboxylic acid groups (broad SMARTS) is 1. The number of aromatic nitrogens is 3. The number of alkyl halides is 8. The largest absolute Gasteiger partial charge is 0.490 e. The summed E-state index contributed by atoms with van der Waals surface area (Å²) in [5, 5.41) is 16.3. The second-order valence-corrected chi connectivity index (χ2v) is 8.37. The standard InChI is InChI=1S/C20H19F5N6O.C2HF3O2/c21-19(22)9-3-6-14(16(19)26)29-18-27-10-11-7-8-15(31(11)30-18)17(32)28-13-5-2-1-4-12(13)20(23,24)25;3-2(4,5)1(6)7/h1-2,4-5,7-8,10,14,16H,3,6,9,26H2,(H,28,32)(H,29,30);(H,6,7)/t14-,16-;/m1./s1. The number of rotatable bonds is 4. The van der Waals surface area contributed by atoms with Crippen LogP contribution in [0.5, 0.6) is 0 Å². The van der Waals surface area contributed by atoms with E-state index >= 15 is 0 Å². The Hall–Kier alpha value is -4.02. The van der Waals surface area contributed by atoms with E-state index in [0.717, 1.165) is 12.1 Å². The Kier molecular flexibility index (Phi) is 8.33. The maximum atomic E-state index is 13.9. The number of hydrogen-bond donors (Lipinski definition) is 4. The summed E-state index contributed by atoms with van der Waals surface area (Å²) in [6, 6.07) is 5.27. The zero-order valence-electron chi connectivity index (χ0n) is 19.5. The molecule has 0 radical (unpaired) electrons. The third kappa shape index (κ3) is 7.10. The number of carbonyl (C=O) groups excluding carboxylic acids is 1. The zero-order valence-corrected chi connectivity index (χ0v) is 19.5. The molecule has 0 aliphatic heterocycles. The molecule has 212 valence electrons. The highest BCUT2D eigenvalue weighted by Crippen LogP contribution is 2.35. The van der Waals surface area contributed by atoms with Crippen LogP contribution in [-0.4, -0.2) is 55.8 Å². The zero-order chi connectivity index (χ0) is 29.2. The molecule has 39 heavy (non-hydrogen) atoms. The first-order chi connectivity index (χ1) is 18.0. The van der Waals surface area contributed by atoms with Gasteiger partial charge in [-0.15, -0.1) is 5.10 Å². The summed E-state index contributed by atoms with van der Waals surface area (Å²) in [4.78, 5) is 25.7. The van der Waals surface area contributed by atoms with E-state index in [1.807, 2.05) is 0 Å². The normalized spacial score (nSPS) is 19.1. The Morgan fingerprint density at radius 1 is 1.08 bits per heavy atom. The van der Waals surface area contributed by atoms with E-state index in [4.69, 9.17) is 15.6 Å². The number of hydrogen-bond acceptors (Lipinski definition) is 6. The number of amides is 1. The lowest BCUT2D eigenvalue weighted by Gasteiger charge is -2.35. The number of fused-ring (bicyclic) bond motifs is 1. The van der Waals surface area contributed by atoms with Crippen molar-refractivity contribution in [3.05, 3.63) is 53.9 Å². The fourth-order valence-electron chi connectivity index (χ4n) is 3.69. The Labute approximate surface area is 214 Å². The van der Waals surface area contributed by atoms with Crippen LogP contribution in [0.4, 0.5) is 46.8 Å². The molecule has 2 atom stereocenters. The van der Waals surface area contributed by atoms with Crippen molar-refractivity contribution >= 4 is 29.0 Å². The number of aliphatic carboxylic acids is 1.